The Labute approximate surface area is 160 Å². The minimum Gasteiger partial charge on any atom is -0.493 e. The van der Waals surface area contributed by atoms with E-state index in [2.05, 4.69) is 19.1 Å². The Morgan fingerprint density at radius 2 is 1.74 bits per heavy atom. The molecule has 1 aliphatic rings. The van der Waals surface area contributed by atoms with E-state index in [1.165, 1.54) is 10.9 Å². The highest BCUT2D eigenvalue weighted by Crippen LogP contribution is 2.27. The van der Waals surface area contributed by atoms with Gasteiger partial charge in [0.05, 0.1) is 26.8 Å². The van der Waals surface area contributed by atoms with Gasteiger partial charge in [-0.05, 0) is 35.4 Å². The van der Waals surface area contributed by atoms with Crippen LogP contribution < -0.4 is 24.8 Å². The van der Waals surface area contributed by atoms with Gasteiger partial charge in [0.1, 0.15) is 5.70 Å². The monoisotopic (exact) mass is 366 g/mol. The van der Waals surface area contributed by atoms with E-state index in [1.54, 1.807) is 20.3 Å². The van der Waals surface area contributed by atoms with E-state index in [0.717, 1.165) is 59.4 Å². The van der Waals surface area contributed by atoms with Gasteiger partial charge in [-0.25, -0.2) is 9.69 Å². The summed E-state index contributed by atoms with van der Waals surface area (Å²) in [6.45, 7) is 2.92. The lowest BCUT2D eigenvalue weighted by molar-refractivity contribution is -0.741. The Morgan fingerprint density at radius 1 is 0.963 bits per heavy atom. The van der Waals surface area contributed by atoms with Crippen molar-refractivity contribution in [2.24, 2.45) is 0 Å². The molecule has 0 aromatic heterocycles. The number of carbonyl (C=O) groups is 1. The first kappa shape index (κ1) is 19.2. The molecule has 0 spiro atoms. The first-order valence-corrected chi connectivity index (χ1v) is 9.59. The third-order valence-corrected chi connectivity index (χ3v) is 5.13. The number of fused-ring (bicyclic) bond motifs is 1. The van der Waals surface area contributed by atoms with Crippen LogP contribution in [0.4, 0.5) is 0 Å². The quantitative estimate of drug-likeness (QED) is 0.769. The fourth-order valence-corrected chi connectivity index (χ4v) is 3.66. The fourth-order valence-electron chi connectivity index (χ4n) is 3.66. The number of quaternary nitrogens is 1. The maximum atomic E-state index is 12.8. The number of amides is 1. The molecule has 0 fully saturated rings. The van der Waals surface area contributed by atoms with E-state index in [4.69, 9.17) is 9.47 Å². The van der Waals surface area contributed by atoms with Crippen LogP contribution in [-0.2, 0) is 11.2 Å². The Balaban J connectivity index is 1.87. The SMILES string of the molecule is CCCCC1=c2ccccc2=CC(=O)[NH+]1CCc1ccc(OC)c(OC)c1. The average molecular weight is 366 g/mol. The number of unbranched alkanes of at least 4 members (excludes halogenated alkanes) is 1. The van der Waals surface area contributed by atoms with Crippen LogP contribution in [0.15, 0.2) is 42.5 Å². The van der Waals surface area contributed by atoms with Crippen LogP contribution in [0.2, 0.25) is 0 Å². The molecule has 4 heteroatoms. The smallest absolute Gasteiger partial charge is 0.342 e. The summed E-state index contributed by atoms with van der Waals surface area (Å²) in [5.74, 6) is 1.60. The topological polar surface area (TPSA) is 40.0 Å². The maximum Gasteiger partial charge on any atom is 0.342 e. The van der Waals surface area contributed by atoms with Crippen molar-refractivity contribution in [2.75, 3.05) is 20.8 Å². The zero-order chi connectivity index (χ0) is 19.2. The summed E-state index contributed by atoms with van der Waals surface area (Å²) in [5, 5.41) is 2.26. The second-order valence-electron chi connectivity index (χ2n) is 6.85. The number of hydrogen-bond donors (Lipinski definition) is 1. The zero-order valence-electron chi connectivity index (χ0n) is 16.4. The van der Waals surface area contributed by atoms with Gasteiger partial charge in [-0.15, -0.1) is 0 Å². The molecule has 0 saturated heterocycles. The Bertz CT molecular complexity index is 933. The van der Waals surface area contributed by atoms with E-state index in [1.807, 2.05) is 30.3 Å². The molecule has 1 aliphatic heterocycles. The van der Waals surface area contributed by atoms with Crippen molar-refractivity contribution in [2.45, 2.75) is 32.6 Å². The van der Waals surface area contributed by atoms with Crippen LogP contribution >= 0.6 is 0 Å². The average Bonchev–Trinajstić information content (AvgIpc) is 2.70. The third-order valence-electron chi connectivity index (χ3n) is 5.13. The van der Waals surface area contributed by atoms with Crippen molar-refractivity contribution in [3.05, 3.63) is 58.5 Å². The third kappa shape index (κ3) is 4.22. The van der Waals surface area contributed by atoms with Gasteiger partial charge >= 0.3 is 5.91 Å². The van der Waals surface area contributed by atoms with Crippen molar-refractivity contribution < 1.29 is 19.2 Å². The summed E-state index contributed by atoms with van der Waals surface area (Å²) in [6, 6.07) is 14.2. The van der Waals surface area contributed by atoms with Gasteiger partial charge in [-0.1, -0.05) is 37.6 Å². The van der Waals surface area contributed by atoms with Crippen LogP contribution in [0.25, 0.3) is 11.8 Å². The minimum atomic E-state index is 0.153. The first-order valence-electron chi connectivity index (χ1n) is 9.59. The number of carbonyl (C=O) groups excluding carboxylic acids is 1. The van der Waals surface area contributed by atoms with Crippen molar-refractivity contribution in [1.82, 2.24) is 0 Å². The molecular weight excluding hydrogens is 338 g/mol. The predicted molar refractivity (Wildman–Crippen MR) is 107 cm³/mol. The highest BCUT2D eigenvalue weighted by molar-refractivity contribution is 6.00. The standard InChI is InChI=1S/C23H27NO3/c1-4-5-10-20-19-9-7-6-8-18(19)16-23(25)24(20)14-13-17-11-12-21(26-2)22(15-17)27-3/h6-9,11-12,15-16H,4-5,10,13-14H2,1-3H3/p+1. The molecule has 2 aromatic carbocycles. The van der Waals surface area contributed by atoms with Crippen LogP contribution in [-0.4, -0.2) is 26.7 Å². The van der Waals surface area contributed by atoms with Crippen LogP contribution in [0.1, 0.15) is 31.7 Å². The van der Waals surface area contributed by atoms with Crippen LogP contribution in [0.3, 0.4) is 0 Å². The van der Waals surface area contributed by atoms with E-state index < -0.39 is 0 Å². The first-order chi connectivity index (χ1) is 13.2. The zero-order valence-corrected chi connectivity index (χ0v) is 16.4. The lowest BCUT2D eigenvalue weighted by Gasteiger charge is -2.21. The van der Waals surface area contributed by atoms with Gasteiger partial charge in [0.25, 0.3) is 0 Å². The summed E-state index contributed by atoms with van der Waals surface area (Å²) >= 11 is 0. The van der Waals surface area contributed by atoms with Crippen molar-refractivity contribution in [3.63, 3.8) is 0 Å². The minimum absolute atomic E-state index is 0.153. The Morgan fingerprint density at radius 3 is 2.48 bits per heavy atom. The molecule has 0 radical (unpaired) electrons. The molecule has 27 heavy (non-hydrogen) atoms. The lowest BCUT2D eigenvalue weighted by atomic mass is 10.0. The highest BCUT2D eigenvalue weighted by atomic mass is 16.5. The van der Waals surface area contributed by atoms with E-state index in [-0.39, 0.29) is 5.91 Å². The van der Waals surface area contributed by atoms with Crippen molar-refractivity contribution >= 4 is 17.7 Å². The summed E-state index contributed by atoms with van der Waals surface area (Å²) < 4.78 is 10.7. The number of benzene rings is 2. The molecule has 142 valence electrons. The molecule has 2 aromatic rings. The molecule has 1 N–H and O–H groups in total. The van der Waals surface area contributed by atoms with Gasteiger partial charge in [0, 0.05) is 18.1 Å². The van der Waals surface area contributed by atoms with E-state index >= 15 is 0 Å². The number of ether oxygens (including phenoxy) is 2. The van der Waals surface area contributed by atoms with E-state index in [0.29, 0.717) is 0 Å². The van der Waals surface area contributed by atoms with Crippen molar-refractivity contribution in [1.29, 1.82) is 0 Å². The van der Waals surface area contributed by atoms with Gasteiger partial charge in [0.2, 0.25) is 0 Å². The molecular formula is C23H28NO3+. The normalized spacial score (nSPS) is 15.9. The fraction of sp³-hybridized carbons (Fsp3) is 0.348. The predicted octanol–water partition coefficient (Wildman–Crippen LogP) is 1.45. The Kier molecular flexibility index (Phi) is 6.30. The second kappa shape index (κ2) is 8.87. The molecule has 4 nitrogen and oxygen atoms in total. The largest absolute Gasteiger partial charge is 0.493 e. The van der Waals surface area contributed by atoms with Crippen molar-refractivity contribution in [3.8, 4) is 11.5 Å². The van der Waals surface area contributed by atoms with Gasteiger partial charge in [-0.2, -0.15) is 0 Å². The molecule has 1 atom stereocenters. The van der Waals surface area contributed by atoms with E-state index in [9.17, 15) is 4.79 Å². The van der Waals surface area contributed by atoms with Crippen LogP contribution in [0, 0.1) is 0 Å². The molecule has 0 aliphatic carbocycles. The number of methoxy groups -OCH3 is 2. The van der Waals surface area contributed by atoms with Gasteiger partial charge < -0.3 is 9.47 Å². The molecule has 1 unspecified atom stereocenters. The number of rotatable bonds is 8. The molecule has 1 amide bonds. The molecule has 3 rings (SSSR count). The lowest BCUT2D eigenvalue weighted by Crippen LogP contribution is -3.13. The number of hydrogen-bond acceptors (Lipinski definition) is 3. The summed E-state index contributed by atoms with van der Waals surface area (Å²) in [7, 11) is 3.28. The summed E-state index contributed by atoms with van der Waals surface area (Å²) in [4.78, 5) is 13.8. The molecule has 0 saturated carbocycles. The van der Waals surface area contributed by atoms with Gasteiger partial charge in [-0.3, -0.25) is 0 Å². The maximum absolute atomic E-state index is 12.8. The summed E-state index contributed by atoms with van der Waals surface area (Å²) in [6.07, 6.45) is 5.75. The summed E-state index contributed by atoms with van der Waals surface area (Å²) in [5.41, 5.74) is 2.36. The highest BCUT2D eigenvalue weighted by Gasteiger charge is 2.26. The second-order valence-corrected chi connectivity index (χ2v) is 6.85. The Hall–Kier alpha value is -2.59. The van der Waals surface area contributed by atoms with Crippen LogP contribution in [0.5, 0.6) is 11.5 Å². The molecule has 1 heterocycles. The number of nitrogens with one attached hydrogen (secondary N) is 1. The molecule has 0 bridgehead atoms. The van der Waals surface area contributed by atoms with Gasteiger partial charge in [0.15, 0.2) is 11.5 Å².